The van der Waals surface area contributed by atoms with E-state index in [0.717, 1.165) is 27.5 Å². The predicted molar refractivity (Wildman–Crippen MR) is 129 cm³/mol. The summed E-state index contributed by atoms with van der Waals surface area (Å²) in [7, 11) is -3.80. The molecule has 0 fully saturated rings. The Labute approximate surface area is 195 Å². The van der Waals surface area contributed by atoms with Crippen molar-refractivity contribution in [3.05, 3.63) is 75.9 Å². The minimum atomic E-state index is -3.80. The summed E-state index contributed by atoms with van der Waals surface area (Å²) >= 11 is 7.56. The number of anilines is 3. The highest BCUT2D eigenvalue weighted by Crippen LogP contribution is 2.29. The number of benzene rings is 2. The van der Waals surface area contributed by atoms with Crippen LogP contribution in [0.15, 0.2) is 58.8 Å². The highest BCUT2D eigenvalue weighted by molar-refractivity contribution is 7.92. The van der Waals surface area contributed by atoms with Gasteiger partial charge < -0.3 is 5.32 Å². The Morgan fingerprint density at radius 1 is 0.906 bits per heavy atom. The molecule has 0 saturated carbocycles. The first-order valence-corrected chi connectivity index (χ1v) is 12.4. The van der Waals surface area contributed by atoms with E-state index in [1.165, 1.54) is 23.5 Å². The first-order chi connectivity index (χ1) is 15.2. The topological polar surface area (TPSA) is 96.9 Å². The zero-order valence-corrected chi connectivity index (χ0v) is 19.9. The summed E-state index contributed by atoms with van der Waals surface area (Å²) in [5.74, 6) is 0.0532. The predicted octanol–water partition coefficient (Wildman–Crippen LogP) is 5.72. The molecule has 0 aliphatic heterocycles. The van der Waals surface area contributed by atoms with E-state index in [-0.39, 0.29) is 10.8 Å². The van der Waals surface area contributed by atoms with Crippen molar-refractivity contribution < 1.29 is 8.42 Å². The smallest absolute Gasteiger partial charge is 0.264 e. The van der Waals surface area contributed by atoms with E-state index < -0.39 is 10.0 Å². The highest BCUT2D eigenvalue weighted by atomic mass is 35.5. The summed E-state index contributed by atoms with van der Waals surface area (Å²) in [5, 5.41) is 6.58. The maximum absolute atomic E-state index is 12.7. The van der Waals surface area contributed by atoms with E-state index >= 15 is 0 Å². The molecule has 2 aromatic heterocycles. The lowest BCUT2D eigenvalue weighted by molar-refractivity contribution is 0.601. The van der Waals surface area contributed by atoms with Crippen LogP contribution < -0.4 is 10.0 Å². The molecule has 0 amide bonds. The van der Waals surface area contributed by atoms with Gasteiger partial charge in [0.15, 0.2) is 5.13 Å². The molecule has 164 valence electrons. The first-order valence-electron chi connectivity index (χ1n) is 9.64. The third-order valence-electron chi connectivity index (χ3n) is 4.58. The zero-order valence-electron chi connectivity index (χ0n) is 17.5. The van der Waals surface area contributed by atoms with Crippen molar-refractivity contribution in [1.82, 2.24) is 15.0 Å². The molecule has 0 saturated heterocycles. The molecular formula is C22H20ClN5O2S2. The molecule has 2 heterocycles. The average molecular weight is 486 g/mol. The number of aromatic nitrogens is 3. The van der Waals surface area contributed by atoms with Crippen LogP contribution in [-0.4, -0.2) is 23.4 Å². The molecule has 0 unspecified atom stereocenters. The van der Waals surface area contributed by atoms with Gasteiger partial charge in [0.1, 0.15) is 0 Å². The number of hydrogen-bond donors (Lipinski definition) is 2. The van der Waals surface area contributed by atoms with Gasteiger partial charge >= 0.3 is 0 Å². The fourth-order valence-electron chi connectivity index (χ4n) is 3.06. The summed E-state index contributed by atoms with van der Waals surface area (Å²) in [6, 6.07) is 14.0. The fraction of sp³-hybridized carbons (Fsp3) is 0.136. The van der Waals surface area contributed by atoms with Crippen molar-refractivity contribution >= 4 is 49.7 Å². The molecular weight excluding hydrogens is 466 g/mol. The van der Waals surface area contributed by atoms with Gasteiger partial charge in [0, 0.05) is 33.0 Å². The number of nitrogens with one attached hydrogen (secondary N) is 2. The van der Waals surface area contributed by atoms with Crippen LogP contribution in [0.2, 0.25) is 5.02 Å². The van der Waals surface area contributed by atoms with Gasteiger partial charge in [0.2, 0.25) is 5.95 Å². The number of hydrogen-bond acceptors (Lipinski definition) is 7. The normalized spacial score (nSPS) is 11.4. The molecule has 0 atom stereocenters. The van der Waals surface area contributed by atoms with Crippen LogP contribution in [0.4, 0.5) is 16.8 Å². The minimum Gasteiger partial charge on any atom is -0.332 e. The largest absolute Gasteiger partial charge is 0.332 e. The summed E-state index contributed by atoms with van der Waals surface area (Å²) in [6.07, 6.45) is 0. The van der Waals surface area contributed by atoms with Gasteiger partial charge in [-0.15, -0.1) is 11.3 Å². The number of halogens is 1. The molecule has 0 aliphatic carbocycles. The van der Waals surface area contributed by atoms with Crippen molar-refractivity contribution in [2.75, 3.05) is 10.0 Å². The van der Waals surface area contributed by atoms with Gasteiger partial charge in [-0.2, -0.15) is 0 Å². The molecule has 0 spiro atoms. The average Bonchev–Trinajstić information content (AvgIpc) is 3.18. The van der Waals surface area contributed by atoms with Crippen molar-refractivity contribution in [2.24, 2.45) is 0 Å². The molecule has 0 aliphatic rings. The second-order valence-corrected chi connectivity index (χ2v) is 10.2. The highest BCUT2D eigenvalue weighted by Gasteiger charge is 2.16. The van der Waals surface area contributed by atoms with Crippen molar-refractivity contribution in [2.45, 2.75) is 25.7 Å². The third-order valence-corrected chi connectivity index (χ3v) is 7.11. The third kappa shape index (κ3) is 5.07. The maximum atomic E-state index is 12.7. The molecule has 2 N–H and O–H groups in total. The first kappa shape index (κ1) is 22.2. The number of sulfonamides is 1. The Kier molecular flexibility index (Phi) is 6.14. The molecule has 0 bridgehead atoms. The van der Waals surface area contributed by atoms with Gasteiger partial charge in [-0.05, 0) is 68.8 Å². The van der Waals surface area contributed by atoms with Crippen LogP contribution in [0.1, 0.15) is 17.0 Å². The zero-order chi connectivity index (χ0) is 22.9. The molecule has 4 aromatic rings. The van der Waals surface area contributed by atoms with Crippen molar-refractivity contribution in [3.63, 3.8) is 0 Å². The summed E-state index contributed by atoms with van der Waals surface area (Å²) in [4.78, 5) is 13.0. The van der Waals surface area contributed by atoms with Gasteiger partial charge in [-0.1, -0.05) is 17.7 Å². The van der Waals surface area contributed by atoms with E-state index in [9.17, 15) is 8.42 Å². The number of nitrogens with zero attached hydrogens (tertiary/aromatic N) is 3. The minimum absolute atomic E-state index is 0.0532. The van der Waals surface area contributed by atoms with Crippen LogP contribution >= 0.6 is 22.9 Å². The van der Waals surface area contributed by atoms with Crippen LogP contribution in [0.5, 0.6) is 0 Å². The van der Waals surface area contributed by atoms with Gasteiger partial charge in [-0.25, -0.2) is 28.1 Å². The van der Waals surface area contributed by atoms with Crippen LogP contribution in [0.3, 0.4) is 0 Å². The van der Waals surface area contributed by atoms with Gasteiger partial charge in [-0.3, -0.25) is 0 Å². The van der Waals surface area contributed by atoms with Crippen molar-refractivity contribution in [3.8, 4) is 11.3 Å². The van der Waals surface area contributed by atoms with Crippen LogP contribution in [0, 0.1) is 20.8 Å². The molecule has 4 rings (SSSR count). The fourth-order valence-corrected chi connectivity index (χ4v) is 4.86. The monoisotopic (exact) mass is 485 g/mol. The van der Waals surface area contributed by atoms with E-state index in [1.807, 2.05) is 30.5 Å². The number of thiazole rings is 1. The van der Waals surface area contributed by atoms with Gasteiger partial charge in [0.25, 0.3) is 10.0 Å². The molecule has 2 aromatic carbocycles. The Morgan fingerprint density at radius 3 is 2.25 bits per heavy atom. The van der Waals surface area contributed by atoms with E-state index in [2.05, 4.69) is 25.0 Å². The van der Waals surface area contributed by atoms with E-state index in [1.54, 1.807) is 32.0 Å². The summed E-state index contributed by atoms with van der Waals surface area (Å²) in [5.41, 5.74) is 4.91. The molecule has 32 heavy (non-hydrogen) atoms. The maximum Gasteiger partial charge on any atom is 0.264 e. The second-order valence-electron chi connectivity index (χ2n) is 7.23. The number of rotatable bonds is 6. The quantitative estimate of drug-likeness (QED) is 0.362. The van der Waals surface area contributed by atoms with E-state index in [4.69, 9.17) is 11.6 Å². The van der Waals surface area contributed by atoms with Crippen LogP contribution in [-0.2, 0) is 10.0 Å². The Morgan fingerprint density at radius 2 is 1.59 bits per heavy atom. The molecule has 10 heteroatoms. The Hall–Kier alpha value is -3.01. The lowest BCUT2D eigenvalue weighted by Crippen LogP contribution is -2.15. The molecule has 7 nitrogen and oxygen atoms in total. The summed E-state index contributed by atoms with van der Waals surface area (Å²) < 4.78 is 27.8. The lowest BCUT2D eigenvalue weighted by Gasteiger charge is -2.09. The number of aryl methyl sites for hydroxylation is 3. The van der Waals surface area contributed by atoms with Gasteiger partial charge in [0.05, 0.1) is 10.6 Å². The molecule has 0 radical (unpaired) electrons. The summed E-state index contributed by atoms with van der Waals surface area (Å²) in [6.45, 7) is 5.52. The van der Waals surface area contributed by atoms with E-state index in [0.29, 0.717) is 16.5 Å². The van der Waals surface area contributed by atoms with Crippen molar-refractivity contribution in [1.29, 1.82) is 0 Å². The standard InChI is InChI=1S/C22H20ClN5O2S2/c1-13-10-16(4-9-19(13)23)20-12-31-22(27-20)26-17-5-7-18(8-6-17)32(29,30)28-21-24-14(2)11-15(3)25-21/h4-12H,1-3H3,(H,26,27)(H,24,25,28). The van der Waals surface area contributed by atoms with Crippen LogP contribution in [0.25, 0.3) is 11.3 Å². The SMILES string of the molecule is Cc1cc(C)nc(NS(=O)(=O)c2ccc(Nc3nc(-c4ccc(Cl)c(C)c4)cs3)cc2)n1. The Bertz CT molecular complexity index is 1370. The second kappa shape index (κ2) is 8.85. The lowest BCUT2D eigenvalue weighted by atomic mass is 10.1. The Balaban J connectivity index is 1.48.